The molecule has 82 valence electrons. The standard InChI is InChI=1S/C11H16BrN3/c12-10-2-1-5-14-11(10)15-7-8-3-4-9(13)6-8/h1-2,5,8-9H,3-4,6-7,13H2,(H,14,15). The summed E-state index contributed by atoms with van der Waals surface area (Å²) in [4.78, 5) is 4.27. The molecule has 0 aromatic carbocycles. The molecule has 1 aliphatic rings. The van der Waals surface area contributed by atoms with Crippen molar-refractivity contribution in [3.05, 3.63) is 22.8 Å². The summed E-state index contributed by atoms with van der Waals surface area (Å²) in [6.07, 6.45) is 5.33. The summed E-state index contributed by atoms with van der Waals surface area (Å²) in [5, 5.41) is 3.36. The molecular formula is C11H16BrN3. The smallest absolute Gasteiger partial charge is 0.140 e. The van der Waals surface area contributed by atoms with Crippen molar-refractivity contribution < 1.29 is 0 Å². The summed E-state index contributed by atoms with van der Waals surface area (Å²) in [6, 6.07) is 4.32. The summed E-state index contributed by atoms with van der Waals surface area (Å²) in [6.45, 7) is 0.976. The average molecular weight is 270 g/mol. The van der Waals surface area contributed by atoms with Gasteiger partial charge in [-0.05, 0) is 53.2 Å². The molecule has 0 saturated heterocycles. The topological polar surface area (TPSA) is 50.9 Å². The first kappa shape index (κ1) is 10.9. The fraction of sp³-hybridized carbons (Fsp3) is 0.545. The molecule has 0 amide bonds. The summed E-state index contributed by atoms with van der Waals surface area (Å²) in [7, 11) is 0. The van der Waals surface area contributed by atoms with Crippen LogP contribution in [-0.2, 0) is 0 Å². The largest absolute Gasteiger partial charge is 0.369 e. The van der Waals surface area contributed by atoms with Crippen LogP contribution in [0.1, 0.15) is 19.3 Å². The van der Waals surface area contributed by atoms with Crippen LogP contribution < -0.4 is 11.1 Å². The SMILES string of the molecule is NC1CCC(CNc2ncccc2Br)C1. The quantitative estimate of drug-likeness (QED) is 0.886. The number of hydrogen-bond acceptors (Lipinski definition) is 3. The van der Waals surface area contributed by atoms with Gasteiger partial charge in [0.1, 0.15) is 5.82 Å². The van der Waals surface area contributed by atoms with Crippen LogP contribution in [0.25, 0.3) is 0 Å². The van der Waals surface area contributed by atoms with Gasteiger partial charge in [-0.15, -0.1) is 0 Å². The minimum absolute atomic E-state index is 0.406. The fourth-order valence-electron chi connectivity index (χ4n) is 2.06. The number of nitrogens with one attached hydrogen (secondary N) is 1. The number of hydrogen-bond donors (Lipinski definition) is 2. The van der Waals surface area contributed by atoms with E-state index >= 15 is 0 Å². The van der Waals surface area contributed by atoms with Crippen LogP contribution in [0.5, 0.6) is 0 Å². The van der Waals surface area contributed by atoms with Crippen LogP contribution in [0.3, 0.4) is 0 Å². The Labute approximate surface area is 98.6 Å². The van der Waals surface area contributed by atoms with Crippen molar-refractivity contribution >= 4 is 21.7 Å². The molecule has 1 aromatic heterocycles. The van der Waals surface area contributed by atoms with E-state index in [1.165, 1.54) is 6.42 Å². The van der Waals surface area contributed by atoms with E-state index in [9.17, 15) is 0 Å². The highest BCUT2D eigenvalue weighted by atomic mass is 79.9. The van der Waals surface area contributed by atoms with Crippen LogP contribution in [0, 0.1) is 5.92 Å². The van der Waals surface area contributed by atoms with E-state index in [-0.39, 0.29) is 0 Å². The van der Waals surface area contributed by atoms with Gasteiger partial charge in [0.05, 0.1) is 4.47 Å². The van der Waals surface area contributed by atoms with Crippen molar-refractivity contribution in [3.8, 4) is 0 Å². The molecule has 2 atom stereocenters. The van der Waals surface area contributed by atoms with E-state index in [0.717, 1.165) is 29.7 Å². The Hall–Kier alpha value is -0.610. The molecule has 0 radical (unpaired) electrons. The van der Waals surface area contributed by atoms with Crippen LogP contribution in [0.2, 0.25) is 0 Å². The van der Waals surface area contributed by atoms with Gasteiger partial charge in [0, 0.05) is 18.8 Å². The highest BCUT2D eigenvalue weighted by Gasteiger charge is 2.21. The molecule has 0 spiro atoms. The first-order valence-electron chi connectivity index (χ1n) is 5.35. The number of halogens is 1. The van der Waals surface area contributed by atoms with Gasteiger partial charge in [0.25, 0.3) is 0 Å². The van der Waals surface area contributed by atoms with Crippen LogP contribution in [0.4, 0.5) is 5.82 Å². The second-order valence-electron chi connectivity index (χ2n) is 4.15. The number of pyridine rings is 1. The first-order chi connectivity index (χ1) is 7.25. The maximum atomic E-state index is 5.87. The number of anilines is 1. The summed E-state index contributed by atoms with van der Waals surface area (Å²) in [5.41, 5.74) is 5.87. The first-order valence-corrected chi connectivity index (χ1v) is 6.15. The van der Waals surface area contributed by atoms with E-state index in [2.05, 4.69) is 26.2 Å². The molecule has 0 bridgehead atoms. The molecule has 3 nitrogen and oxygen atoms in total. The predicted octanol–water partition coefficient (Wildman–Crippen LogP) is 2.38. The zero-order valence-electron chi connectivity index (χ0n) is 8.62. The van der Waals surface area contributed by atoms with Crippen LogP contribution in [-0.4, -0.2) is 17.6 Å². The molecule has 1 heterocycles. The molecule has 2 unspecified atom stereocenters. The van der Waals surface area contributed by atoms with Gasteiger partial charge in [-0.1, -0.05) is 0 Å². The third-order valence-electron chi connectivity index (χ3n) is 2.90. The second kappa shape index (κ2) is 4.94. The summed E-state index contributed by atoms with van der Waals surface area (Å²) in [5.74, 6) is 1.63. The van der Waals surface area contributed by atoms with Gasteiger partial charge in [0.15, 0.2) is 0 Å². The molecule has 3 N–H and O–H groups in total. The lowest BCUT2D eigenvalue weighted by atomic mass is 10.1. The lowest BCUT2D eigenvalue weighted by molar-refractivity contribution is 0.565. The predicted molar refractivity (Wildman–Crippen MR) is 65.7 cm³/mol. The molecule has 2 rings (SSSR count). The Morgan fingerprint density at radius 1 is 1.53 bits per heavy atom. The van der Waals surface area contributed by atoms with Gasteiger partial charge >= 0.3 is 0 Å². The monoisotopic (exact) mass is 269 g/mol. The molecule has 0 aliphatic heterocycles. The maximum Gasteiger partial charge on any atom is 0.140 e. The lowest BCUT2D eigenvalue weighted by Gasteiger charge is -2.12. The Morgan fingerprint density at radius 2 is 2.40 bits per heavy atom. The summed E-state index contributed by atoms with van der Waals surface area (Å²) < 4.78 is 1.02. The van der Waals surface area contributed by atoms with Crippen molar-refractivity contribution in [1.29, 1.82) is 0 Å². The Bertz CT molecular complexity index is 329. The maximum absolute atomic E-state index is 5.87. The number of nitrogens with zero attached hydrogens (tertiary/aromatic N) is 1. The third kappa shape index (κ3) is 2.92. The highest BCUT2D eigenvalue weighted by molar-refractivity contribution is 9.10. The number of nitrogens with two attached hydrogens (primary N) is 1. The lowest BCUT2D eigenvalue weighted by Crippen LogP contribution is -2.18. The molecule has 1 saturated carbocycles. The van der Waals surface area contributed by atoms with Crippen molar-refractivity contribution in [2.45, 2.75) is 25.3 Å². The zero-order valence-corrected chi connectivity index (χ0v) is 10.2. The number of aromatic nitrogens is 1. The van der Waals surface area contributed by atoms with Gasteiger partial charge in [-0.3, -0.25) is 0 Å². The number of rotatable bonds is 3. The van der Waals surface area contributed by atoms with Gasteiger partial charge in [-0.25, -0.2) is 4.98 Å². The Kier molecular flexibility index (Phi) is 3.59. The summed E-state index contributed by atoms with van der Waals surface area (Å²) >= 11 is 3.47. The van der Waals surface area contributed by atoms with Crippen molar-refractivity contribution in [3.63, 3.8) is 0 Å². The molecule has 4 heteroatoms. The Balaban J connectivity index is 1.86. The van der Waals surface area contributed by atoms with E-state index < -0.39 is 0 Å². The molecular weight excluding hydrogens is 254 g/mol. The average Bonchev–Trinajstić information content (AvgIpc) is 2.63. The van der Waals surface area contributed by atoms with Crippen LogP contribution in [0.15, 0.2) is 22.8 Å². The van der Waals surface area contributed by atoms with Crippen molar-refractivity contribution in [2.24, 2.45) is 11.7 Å². The van der Waals surface area contributed by atoms with E-state index in [1.54, 1.807) is 6.20 Å². The van der Waals surface area contributed by atoms with Gasteiger partial charge in [-0.2, -0.15) is 0 Å². The van der Waals surface area contributed by atoms with Crippen molar-refractivity contribution in [1.82, 2.24) is 4.98 Å². The zero-order chi connectivity index (χ0) is 10.7. The molecule has 1 aromatic rings. The minimum Gasteiger partial charge on any atom is -0.369 e. The van der Waals surface area contributed by atoms with Gasteiger partial charge < -0.3 is 11.1 Å². The molecule has 1 aliphatic carbocycles. The van der Waals surface area contributed by atoms with Gasteiger partial charge in [0.2, 0.25) is 0 Å². The minimum atomic E-state index is 0.406. The van der Waals surface area contributed by atoms with Crippen molar-refractivity contribution in [2.75, 3.05) is 11.9 Å². The van der Waals surface area contributed by atoms with E-state index in [0.29, 0.717) is 12.0 Å². The normalized spacial score (nSPS) is 25.5. The van der Waals surface area contributed by atoms with E-state index in [4.69, 9.17) is 5.73 Å². The third-order valence-corrected chi connectivity index (χ3v) is 3.54. The fourth-order valence-corrected chi connectivity index (χ4v) is 2.45. The Morgan fingerprint density at radius 3 is 3.07 bits per heavy atom. The highest BCUT2D eigenvalue weighted by Crippen LogP contribution is 2.25. The molecule has 15 heavy (non-hydrogen) atoms. The van der Waals surface area contributed by atoms with E-state index in [1.807, 2.05) is 12.1 Å². The molecule has 1 fully saturated rings. The van der Waals surface area contributed by atoms with Crippen LogP contribution >= 0.6 is 15.9 Å². The second-order valence-corrected chi connectivity index (χ2v) is 5.01.